The van der Waals surface area contributed by atoms with Gasteiger partial charge in [-0.3, -0.25) is 0 Å². The Kier molecular flexibility index (Phi) is 5.43. The Morgan fingerprint density at radius 3 is 2.30 bits per heavy atom. The molecule has 1 aliphatic rings. The summed E-state index contributed by atoms with van der Waals surface area (Å²) in [5.41, 5.74) is 0.334. The lowest BCUT2D eigenvalue weighted by Gasteiger charge is -2.32. The minimum atomic E-state index is -2.87. The van der Waals surface area contributed by atoms with E-state index < -0.39 is 24.9 Å². The molecule has 1 saturated heterocycles. The van der Waals surface area contributed by atoms with Crippen molar-refractivity contribution in [3.8, 4) is 5.75 Å². The molecule has 0 saturated carbocycles. The molecule has 1 heterocycles. The lowest BCUT2D eigenvalue weighted by Crippen LogP contribution is -2.41. The Morgan fingerprint density at radius 1 is 1.22 bits per heavy atom. The molecular weight excluding hydrogens is 321 g/mol. The van der Waals surface area contributed by atoms with Crippen LogP contribution in [0.3, 0.4) is 0 Å². The summed E-state index contributed by atoms with van der Waals surface area (Å²) in [7, 11) is -0.572. The van der Waals surface area contributed by atoms with Gasteiger partial charge in [-0.25, -0.2) is 0 Å². The van der Waals surface area contributed by atoms with Crippen molar-refractivity contribution in [3.63, 3.8) is 0 Å². The van der Waals surface area contributed by atoms with E-state index in [-0.39, 0.29) is 5.75 Å². The third kappa shape index (κ3) is 4.08. The van der Waals surface area contributed by atoms with Crippen LogP contribution in [0.25, 0.3) is 6.08 Å². The molecule has 0 N–H and O–H groups in total. The molecule has 0 unspecified atom stereocenters. The summed E-state index contributed by atoms with van der Waals surface area (Å²) in [4.78, 5) is 0. The largest absolute Gasteiger partial charge is 0.491 e. The van der Waals surface area contributed by atoms with Crippen LogP contribution in [-0.4, -0.2) is 30.7 Å². The van der Waals surface area contributed by atoms with Crippen molar-refractivity contribution in [2.75, 3.05) is 5.75 Å². The molecule has 1 aromatic carbocycles. The fourth-order valence-corrected chi connectivity index (χ4v) is 2.43. The molecule has 1 aliphatic heterocycles. The molecule has 1 aromatic rings. The van der Waals surface area contributed by atoms with Crippen molar-refractivity contribution in [2.45, 2.75) is 45.5 Å². The minimum absolute atomic E-state index is 0.110. The highest BCUT2D eigenvalue weighted by molar-refractivity contribution is 7.80. The molecule has 0 atom stereocenters. The predicted octanol–water partition coefficient (Wildman–Crippen LogP) is 4.23. The van der Waals surface area contributed by atoms with Gasteiger partial charge in [0.15, 0.2) is 0 Å². The van der Waals surface area contributed by atoms with Crippen molar-refractivity contribution < 1.29 is 22.8 Å². The van der Waals surface area contributed by atoms with Crippen LogP contribution in [0.4, 0.5) is 8.78 Å². The summed E-state index contributed by atoms with van der Waals surface area (Å²) in [6.45, 7) is 4.95. The average Bonchev–Trinajstić information content (AvgIpc) is 2.65. The number of benzene rings is 1. The van der Waals surface area contributed by atoms with Crippen LogP contribution in [0.1, 0.15) is 33.3 Å². The smallest absolute Gasteiger partial charge is 0.434 e. The number of rotatable bonds is 5. The van der Waals surface area contributed by atoms with Crippen molar-refractivity contribution in [1.82, 2.24) is 0 Å². The van der Waals surface area contributed by atoms with E-state index in [1.165, 1.54) is 6.07 Å². The Hall–Kier alpha value is -1.05. The van der Waals surface area contributed by atoms with Gasteiger partial charge in [0.1, 0.15) is 5.75 Å². The fourth-order valence-electron chi connectivity index (χ4n) is 2.19. The Labute approximate surface area is 141 Å². The average molecular weight is 342 g/mol. The van der Waals surface area contributed by atoms with Crippen LogP contribution in [-0.2, 0) is 9.31 Å². The molecule has 126 valence electrons. The summed E-state index contributed by atoms with van der Waals surface area (Å²) in [5.74, 6) is 0.484. The first-order valence-electron chi connectivity index (χ1n) is 7.37. The molecule has 0 amide bonds. The van der Waals surface area contributed by atoms with Crippen LogP contribution in [0.5, 0.6) is 5.75 Å². The quantitative estimate of drug-likeness (QED) is 0.641. The third-order valence-electron chi connectivity index (χ3n) is 4.21. The second kappa shape index (κ2) is 6.83. The number of alkyl halides is 2. The maximum atomic E-state index is 12.5. The second-order valence-corrected chi connectivity index (χ2v) is 6.70. The molecule has 2 rings (SSSR count). The summed E-state index contributed by atoms with van der Waals surface area (Å²) in [5, 5.41) is 0. The number of para-hydroxylation sites is 1. The molecule has 0 aromatic heterocycles. The lowest BCUT2D eigenvalue weighted by atomic mass is 9.78. The van der Waals surface area contributed by atoms with Gasteiger partial charge in [0.2, 0.25) is 0 Å². The lowest BCUT2D eigenvalue weighted by molar-refractivity contribution is -0.0499. The Bertz CT molecular complexity index is 574. The number of halogens is 2. The first kappa shape index (κ1) is 18.3. The first-order chi connectivity index (χ1) is 10.7. The van der Waals surface area contributed by atoms with Gasteiger partial charge in [-0.15, -0.1) is 0 Å². The topological polar surface area (TPSA) is 27.7 Å². The van der Waals surface area contributed by atoms with Crippen molar-refractivity contribution in [1.29, 1.82) is 0 Å². The molecular formula is C16H21BF2O3S. The maximum absolute atomic E-state index is 12.5. The maximum Gasteiger partial charge on any atom is 0.491 e. The molecule has 23 heavy (non-hydrogen) atoms. The number of hydrogen-bond donors (Lipinski definition) is 1. The number of hydrogen-bond acceptors (Lipinski definition) is 4. The molecule has 3 nitrogen and oxygen atoms in total. The summed E-state index contributed by atoms with van der Waals surface area (Å²) < 4.78 is 41.5. The van der Waals surface area contributed by atoms with Crippen LogP contribution in [0, 0.1) is 0 Å². The first-order valence-corrected chi connectivity index (χ1v) is 8.00. The van der Waals surface area contributed by atoms with Gasteiger partial charge in [0.05, 0.1) is 11.2 Å². The van der Waals surface area contributed by atoms with E-state index in [2.05, 4.69) is 17.4 Å². The van der Waals surface area contributed by atoms with E-state index in [9.17, 15) is 8.78 Å². The van der Waals surface area contributed by atoms with E-state index in [1.807, 2.05) is 27.7 Å². The van der Waals surface area contributed by atoms with Gasteiger partial charge in [-0.2, -0.15) is 21.4 Å². The van der Waals surface area contributed by atoms with Gasteiger partial charge in [0.25, 0.3) is 0 Å². The van der Waals surface area contributed by atoms with E-state index >= 15 is 0 Å². The second-order valence-electron chi connectivity index (χ2n) is 6.38. The molecule has 0 aliphatic carbocycles. The molecule has 1 fully saturated rings. The zero-order chi connectivity index (χ0) is 17.3. The molecule has 0 radical (unpaired) electrons. The standard InChI is InChI=1S/C16H21BF2O3S/c1-15(2)16(3,4)22-17(21-15)12(10-23)9-11-7-5-6-8-13(11)20-14(18)19/h5-9,14,23H,10H2,1-4H3. The highest BCUT2D eigenvalue weighted by atomic mass is 32.1. The minimum Gasteiger partial charge on any atom is -0.434 e. The highest BCUT2D eigenvalue weighted by Gasteiger charge is 2.52. The summed E-state index contributed by atoms with van der Waals surface area (Å²) in [6, 6.07) is 6.60. The molecule has 0 bridgehead atoms. The SMILES string of the molecule is CC1(C)OB(C(=Cc2ccccc2OC(F)F)CS)OC1(C)C. The van der Waals surface area contributed by atoms with E-state index in [1.54, 1.807) is 24.3 Å². The molecule has 7 heteroatoms. The van der Waals surface area contributed by atoms with Crippen LogP contribution >= 0.6 is 12.6 Å². The van der Waals surface area contributed by atoms with Gasteiger partial charge in [0, 0.05) is 11.3 Å². The van der Waals surface area contributed by atoms with Crippen LogP contribution in [0.2, 0.25) is 0 Å². The Morgan fingerprint density at radius 2 is 1.78 bits per heavy atom. The highest BCUT2D eigenvalue weighted by Crippen LogP contribution is 2.39. The van der Waals surface area contributed by atoms with Crippen molar-refractivity contribution >= 4 is 25.8 Å². The van der Waals surface area contributed by atoms with Gasteiger partial charge in [-0.05, 0) is 39.2 Å². The van der Waals surface area contributed by atoms with Crippen LogP contribution < -0.4 is 4.74 Å². The van der Waals surface area contributed by atoms with Crippen molar-refractivity contribution in [2.24, 2.45) is 0 Å². The van der Waals surface area contributed by atoms with Gasteiger partial charge < -0.3 is 14.0 Å². The summed E-state index contributed by atoms with van der Waals surface area (Å²) >= 11 is 4.32. The zero-order valence-corrected chi connectivity index (χ0v) is 14.6. The van der Waals surface area contributed by atoms with Gasteiger partial charge in [-0.1, -0.05) is 24.3 Å². The summed E-state index contributed by atoms with van der Waals surface area (Å²) in [6.07, 6.45) is 1.73. The molecule has 0 spiro atoms. The number of ether oxygens (including phenoxy) is 1. The third-order valence-corrected chi connectivity index (χ3v) is 4.58. The van der Waals surface area contributed by atoms with Gasteiger partial charge >= 0.3 is 13.7 Å². The van der Waals surface area contributed by atoms with Crippen molar-refractivity contribution in [3.05, 3.63) is 35.3 Å². The Balaban J connectivity index is 2.31. The van der Waals surface area contributed by atoms with Crippen LogP contribution in [0.15, 0.2) is 29.7 Å². The monoisotopic (exact) mass is 342 g/mol. The fraction of sp³-hybridized carbons (Fsp3) is 0.500. The zero-order valence-electron chi connectivity index (χ0n) is 13.7. The van der Waals surface area contributed by atoms with E-state index in [0.717, 1.165) is 5.47 Å². The normalized spacial score (nSPS) is 20.2. The predicted molar refractivity (Wildman–Crippen MR) is 91.0 cm³/mol. The number of thiol groups is 1. The van der Waals surface area contributed by atoms with E-state index in [4.69, 9.17) is 9.31 Å². The van der Waals surface area contributed by atoms with E-state index in [0.29, 0.717) is 11.3 Å².